The minimum atomic E-state index is 0.382. The molecule has 0 fully saturated rings. The van der Waals surface area contributed by atoms with Crippen LogP contribution in [0.25, 0.3) is 10.1 Å². The number of aromatic hydroxyl groups is 1. The van der Waals surface area contributed by atoms with Crippen molar-refractivity contribution in [1.82, 2.24) is 0 Å². The molecule has 126 valence electrons. The highest BCUT2D eigenvalue weighted by molar-refractivity contribution is 7.19. The molecule has 1 N–H and O–H groups in total. The molecule has 0 bridgehead atoms. The van der Waals surface area contributed by atoms with E-state index in [2.05, 4.69) is 37.3 Å². The Kier molecular flexibility index (Phi) is 5.10. The van der Waals surface area contributed by atoms with E-state index in [-0.39, 0.29) is 0 Å². The highest BCUT2D eigenvalue weighted by Gasteiger charge is 2.12. The van der Waals surface area contributed by atoms with Crippen LogP contribution in [0.15, 0.2) is 42.5 Å². The Hall–Kier alpha value is -2.00. The monoisotopic (exact) mass is 340 g/mol. The topological polar surface area (TPSA) is 29.5 Å². The summed E-state index contributed by atoms with van der Waals surface area (Å²) in [6, 6.07) is 14.6. The Labute approximate surface area is 147 Å². The van der Waals surface area contributed by atoms with E-state index in [1.807, 2.05) is 30.4 Å². The smallest absolute Gasteiger partial charge is 0.119 e. The standard InChI is InChI=1S/C21H24O2S/c1-4-15(16-6-9-20(22)14(2)11-16)5-8-19-13-17-12-18(23-3)7-10-21(17)24-19/h6-7,9-13,15,22H,4-5,8H2,1-3H3. The number of methoxy groups -OCH3 is 1. The third-order valence-electron chi connectivity index (χ3n) is 4.70. The van der Waals surface area contributed by atoms with Gasteiger partial charge in [-0.2, -0.15) is 0 Å². The molecule has 1 unspecified atom stereocenters. The molecule has 2 aromatic carbocycles. The predicted octanol–water partition coefficient (Wildman–Crippen LogP) is 6.05. The molecule has 3 rings (SSSR count). The molecule has 24 heavy (non-hydrogen) atoms. The fourth-order valence-electron chi connectivity index (χ4n) is 3.18. The van der Waals surface area contributed by atoms with Gasteiger partial charge in [0.2, 0.25) is 0 Å². The Morgan fingerprint density at radius 3 is 2.67 bits per heavy atom. The molecule has 1 atom stereocenters. The second-order valence-electron chi connectivity index (χ2n) is 6.31. The molecule has 0 aliphatic heterocycles. The summed E-state index contributed by atoms with van der Waals surface area (Å²) in [4.78, 5) is 1.42. The first-order valence-electron chi connectivity index (χ1n) is 8.46. The lowest BCUT2D eigenvalue weighted by atomic mass is 9.90. The van der Waals surface area contributed by atoms with Crippen LogP contribution in [0.2, 0.25) is 0 Å². The molecule has 0 saturated carbocycles. The zero-order valence-electron chi connectivity index (χ0n) is 14.5. The summed E-state index contributed by atoms with van der Waals surface area (Å²) in [6.07, 6.45) is 3.33. The van der Waals surface area contributed by atoms with Gasteiger partial charge in [0.05, 0.1) is 7.11 Å². The Morgan fingerprint density at radius 1 is 1.12 bits per heavy atom. The molecular formula is C21H24O2S. The van der Waals surface area contributed by atoms with Gasteiger partial charge in [0, 0.05) is 9.58 Å². The van der Waals surface area contributed by atoms with Crippen molar-refractivity contribution >= 4 is 21.4 Å². The lowest BCUT2D eigenvalue weighted by Gasteiger charge is -2.16. The van der Waals surface area contributed by atoms with Crippen LogP contribution >= 0.6 is 11.3 Å². The number of aryl methyl sites for hydroxylation is 2. The summed E-state index contributed by atoms with van der Waals surface area (Å²) in [5.74, 6) is 1.83. The van der Waals surface area contributed by atoms with Crippen molar-refractivity contribution in [1.29, 1.82) is 0 Å². The number of ether oxygens (including phenoxy) is 1. The zero-order valence-corrected chi connectivity index (χ0v) is 15.3. The van der Waals surface area contributed by atoms with Gasteiger partial charge in [-0.05, 0) is 78.9 Å². The second-order valence-corrected chi connectivity index (χ2v) is 7.47. The quantitative estimate of drug-likeness (QED) is 0.592. The lowest BCUT2D eigenvalue weighted by molar-refractivity contribution is 0.415. The molecule has 0 saturated heterocycles. The van der Waals surface area contributed by atoms with Crippen LogP contribution in [-0.4, -0.2) is 12.2 Å². The van der Waals surface area contributed by atoms with E-state index in [4.69, 9.17) is 4.74 Å². The van der Waals surface area contributed by atoms with Gasteiger partial charge < -0.3 is 9.84 Å². The molecular weight excluding hydrogens is 316 g/mol. The summed E-state index contributed by atoms with van der Waals surface area (Å²) in [7, 11) is 1.71. The maximum absolute atomic E-state index is 9.72. The number of thiophene rings is 1. The molecule has 1 aromatic heterocycles. The predicted molar refractivity (Wildman–Crippen MR) is 103 cm³/mol. The van der Waals surface area contributed by atoms with E-state index in [9.17, 15) is 5.11 Å². The van der Waals surface area contributed by atoms with E-state index in [1.165, 1.54) is 20.5 Å². The lowest BCUT2D eigenvalue weighted by Crippen LogP contribution is -1.99. The maximum atomic E-state index is 9.72. The van der Waals surface area contributed by atoms with Crippen LogP contribution in [0.5, 0.6) is 11.5 Å². The average Bonchev–Trinajstić information content (AvgIpc) is 3.00. The summed E-state index contributed by atoms with van der Waals surface area (Å²) in [5, 5.41) is 11.0. The fourth-order valence-corrected chi connectivity index (χ4v) is 4.24. The number of phenols is 1. The normalized spacial score (nSPS) is 12.5. The fraction of sp³-hybridized carbons (Fsp3) is 0.333. The van der Waals surface area contributed by atoms with Crippen molar-refractivity contribution in [2.24, 2.45) is 0 Å². The first-order chi connectivity index (χ1) is 11.6. The molecule has 1 heterocycles. The van der Waals surface area contributed by atoms with E-state index < -0.39 is 0 Å². The van der Waals surface area contributed by atoms with Gasteiger partial charge in [-0.25, -0.2) is 0 Å². The molecule has 0 aliphatic rings. The van der Waals surface area contributed by atoms with Crippen LogP contribution in [0.1, 0.15) is 41.7 Å². The highest BCUT2D eigenvalue weighted by atomic mass is 32.1. The van der Waals surface area contributed by atoms with Gasteiger partial charge in [0.1, 0.15) is 11.5 Å². The van der Waals surface area contributed by atoms with Crippen molar-refractivity contribution in [2.45, 2.75) is 39.0 Å². The summed E-state index contributed by atoms with van der Waals surface area (Å²) >= 11 is 1.87. The number of hydrogen-bond donors (Lipinski definition) is 1. The minimum Gasteiger partial charge on any atom is -0.508 e. The summed E-state index contributed by atoms with van der Waals surface area (Å²) in [6.45, 7) is 4.20. The molecule has 0 aliphatic carbocycles. The summed E-state index contributed by atoms with van der Waals surface area (Å²) in [5.41, 5.74) is 2.29. The molecule has 0 radical (unpaired) electrons. The third kappa shape index (κ3) is 3.57. The molecule has 2 nitrogen and oxygen atoms in total. The van der Waals surface area contributed by atoms with Crippen molar-refractivity contribution in [3.05, 3.63) is 58.5 Å². The van der Waals surface area contributed by atoms with Gasteiger partial charge in [-0.3, -0.25) is 0 Å². The van der Waals surface area contributed by atoms with Crippen molar-refractivity contribution in [3.63, 3.8) is 0 Å². The van der Waals surface area contributed by atoms with Crippen LogP contribution in [-0.2, 0) is 6.42 Å². The highest BCUT2D eigenvalue weighted by Crippen LogP contribution is 2.33. The zero-order chi connectivity index (χ0) is 17.1. The molecule has 0 amide bonds. The maximum Gasteiger partial charge on any atom is 0.119 e. The molecule has 3 aromatic rings. The second kappa shape index (κ2) is 7.27. The Bertz CT molecular complexity index is 835. The van der Waals surface area contributed by atoms with Crippen LogP contribution in [0, 0.1) is 6.92 Å². The van der Waals surface area contributed by atoms with Gasteiger partial charge in [-0.1, -0.05) is 19.1 Å². The van der Waals surface area contributed by atoms with Crippen molar-refractivity contribution in [2.75, 3.05) is 7.11 Å². The third-order valence-corrected chi connectivity index (χ3v) is 5.87. The Balaban J connectivity index is 1.74. The van der Waals surface area contributed by atoms with Gasteiger partial charge >= 0.3 is 0 Å². The number of fused-ring (bicyclic) bond motifs is 1. The molecule has 3 heteroatoms. The van der Waals surface area contributed by atoms with Gasteiger partial charge in [0.15, 0.2) is 0 Å². The first kappa shape index (κ1) is 16.8. The van der Waals surface area contributed by atoms with E-state index >= 15 is 0 Å². The minimum absolute atomic E-state index is 0.382. The van der Waals surface area contributed by atoms with E-state index in [0.29, 0.717) is 11.7 Å². The van der Waals surface area contributed by atoms with Gasteiger partial charge in [0.25, 0.3) is 0 Å². The van der Waals surface area contributed by atoms with E-state index in [1.54, 1.807) is 7.11 Å². The number of phenolic OH excluding ortho intramolecular Hbond substituents is 1. The molecule has 0 spiro atoms. The largest absolute Gasteiger partial charge is 0.508 e. The number of hydrogen-bond acceptors (Lipinski definition) is 3. The van der Waals surface area contributed by atoms with Crippen molar-refractivity contribution < 1.29 is 9.84 Å². The summed E-state index contributed by atoms with van der Waals surface area (Å²) < 4.78 is 6.63. The number of benzene rings is 2. The van der Waals surface area contributed by atoms with Crippen molar-refractivity contribution in [3.8, 4) is 11.5 Å². The SMILES string of the molecule is CCC(CCc1cc2cc(OC)ccc2s1)c1ccc(O)c(C)c1. The first-order valence-corrected chi connectivity index (χ1v) is 9.28. The Morgan fingerprint density at radius 2 is 1.96 bits per heavy atom. The van der Waals surface area contributed by atoms with E-state index in [0.717, 1.165) is 30.6 Å². The average molecular weight is 340 g/mol. The van der Waals surface area contributed by atoms with Crippen LogP contribution in [0.3, 0.4) is 0 Å². The van der Waals surface area contributed by atoms with Gasteiger partial charge in [-0.15, -0.1) is 11.3 Å². The van der Waals surface area contributed by atoms with Crippen LogP contribution in [0.4, 0.5) is 0 Å². The van der Waals surface area contributed by atoms with Crippen LogP contribution < -0.4 is 4.74 Å². The number of rotatable bonds is 6.